The van der Waals surface area contributed by atoms with E-state index in [1.807, 2.05) is 31.2 Å². The lowest BCUT2D eigenvalue weighted by Crippen LogP contribution is -2.17. The van der Waals surface area contributed by atoms with Crippen molar-refractivity contribution >= 4 is 11.8 Å². The molecule has 2 aromatic carbocycles. The number of aromatic nitrogens is 3. The van der Waals surface area contributed by atoms with Gasteiger partial charge in [0, 0.05) is 17.9 Å². The van der Waals surface area contributed by atoms with E-state index in [-0.39, 0.29) is 11.9 Å². The number of hydrogen-bond donors (Lipinski definition) is 0. The lowest BCUT2D eigenvalue weighted by Gasteiger charge is -2.15. The summed E-state index contributed by atoms with van der Waals surface area (Å²) in [5.41, 5.74) is 0.837. The van der Waals surface area contributed by atoms with Gasteiger partial charge in [0.15, 0.2) is 11.0 Å². The molecule has 0 amide bonds. The molecule has 0 bridgehead atoms. The zero-order chi connectivity index (χ0) is 21.5. The number of rotatable bonds is 10. The second-order valence-electron chi connectivity index (χ2n) is 7.16. The predicted octanol–water partition coefficient (Wildman–Crippen LogP) is 4.83. The molecule has 8 heteroatoms. The van der Waals surface area contributed by atoms with Crippen LogP contribution in [0, 0.1) is 5.82 Å². The summed E-state index contributed by atoms with van der Waals surface area (Å²) >= 11 is 1.59. The average Bonchev–Trinajstić information content (AvgIpc) is 3.44. The van der Waals surface area contributed by atoms with E-state index in [0.717, 1.165) is 53.2 Å². The first kappa shape index (κ1) is 21.6. The first-order chi connectivity index (χ1) is 15.2. The topological polar surface area (TPSA) is 58.4 Å². The van der Waals surface area contributed by atoms with Gasteiger partial charge in [0.1, 0.15) is 17.3 Å². The maximum absolute atomic E-state index is 13.4. The Morgan fingerprint density at radius 3 is 2.48 bits per heavy atom. The number of ether oxygens (including phenoxy) is 3. The summed E-state index contributed by atoms with van der Waals surface area (Å²) < 4.78 is 32.5. The summed E-state index contributed by atoms with van der Waals surface area (Å²) in [6, 6.07) is 14.0. The minimum absolute atomic E-state index is 0.148. The van der Waals surface area contributed by atoms with Gasteiger partial charge in [-0.15, -0.1) is 10.2 Å². The van der Waals surface area contributed by atoms with Crippen LogP contribution in [-0.2, 0) is 11.3 Å². The normalized spacial score (nSPS) is 15.9. The van der Waals surface area contributed by atoms with E-state index < -0.39 is 0 Å². The van der Waals surface area contributed by atoms with Crippen LogP contribution >= 0.6 is 11.8 Å². The molecule has 2 heterocycles. The van der Waals surface area contributed by atoms with Crippen molar-refractivity contribution in [2.45, 2.75) is 37.6 Å². The van der Waals surface area contributed by atoms with E-state index in [4.69, 9.17) is 14.2 Å². The van der Waals surface area contributed by atoms with Gasteiger partial charge in [-0.05, 0) is 68.3 Å². The number of hydrogen-bond acceptors (Lipinski definition) is 6. The first-order valence-electron chi connectivity index (χ1n) is 10.5. The van der Waals surface area contributed by atoms with Crippen LogP contribution in [0.3, 0.4) is 0 Å². The maximum atomic E-state index is 13.4. The Labute approximate surface area is 185 Å². The van der Waals surface area contributed by atoms with E-state index in [2.05, 4.69) is 14.8 Å². The molecule has 6 nitrogen and oxygen atoms in total. The molecule has 0 N–H and O–H groups in total. The zero-order valence-electron chi connectivity index (χ0n) is 17.5. The minimum Gasteiger partial charge on any atom is -0.494 e. The van der Waals surface area contributed by atoms with Crippen molar-refractivity contribution < 1.29 is 18.6 Å². The summed E-state index contributed by atoms with van der Waals surface area (Å²) in [4.78, 5) is 0. The summed E-state index contributed by atoms with van der Waals surface area (Å²) in [5.74, 6) is 2.82. The van der Waals surface area contributed by atoms with Crippen molar-refractivity contribution in [3.05, 3.63) is 54.3 Å². The molecular formula is C23H26FN3O3S. The van der Waals surface area contributed by atoms with Crippen molar-refractivity contribution in [3.8, 4) is 22.9 Å². The molecule has 3 aromatic rings. The van der Waals surface area contributed by atoms with E-state index in [1.165, 1.54) is 12.1 Å². The van der Waals surface area contributed by atoms with E-state index in [9.17, 15) is 4.39 Å². The van der Waals surface area contributed by atoms with Gasteiger partial charge in [-0.2, -0.15) is 0 Å². The lowest BCUT2D eigenvalue weighted by molar-refractivity contribution is 0.0953. The van der Waals surface area contributed by atoms with Gasteiger partial charge in [0.2, 0.25) is 0 Å². The Morgan fingerprint density at radius 2 is 1.81 bits per heavy atom. The molecule has 1 atom stereocenters. The largest absolute Gasteiger partial charge is 0.494 e. The smallest absolute Gasteiger partial charge is 0.191 e. The van der Waals surface area contributed by atoms with Crippen LogP contribution in [0.15, 0.2) is 53.7 Å². The second-order valence-corrected chi connectivity index (χ2v) is 8.22. The van der Waals surface area contributed by atoms with Crippen LogP contribution in [-0.4, -0.2) is 46.4 Å². The monoisotopic (exact) mass is 443 g/mol. The number of thioether (sulfide) groups is 1. The average molecular weight is 444 g/mol. The third kappa shape index (κ3) is 5.77. The number of halogens is 1. The molecule has 0 radical (unpaired) electrons. The van der Waals surface area contributed by atoms with Gasteiger partial charge in [0.05, 0.1) is 25.9 Å². The summed E-state index contributed by atoms with van der Waals surface area (Å²) in [6.45, 7) is 4.61. The van der Waals surface area contributed by atoms with Crippen LogP contribution < -0.4 is 9.47 Å². The van der Waals surface area contributed by atoms with Gasteiger partial charge in [-0.1, -0.05) is 11.8 Å². The van der Waals surface area contributed by atoms with Crippen LogP contribution in [0.2, 0.25) is 0 Å². The van der Waals surface area contributed by atoms with Crippen molar-refractivity contribution in [3.63, 3.8) is 0 Å². The molecule has 1 saturated heterocycles. The molecule has 0 spiro atoms. The second kappa shape index (κ2) is 10.6. The van der Waals surface area contributed by atoms with Gasteiger partial charge >= 0.3 is 0 Å². The highest BCUT2D eigenvalue weighted by Crippen LogP contribution is 2.27. The first-order valence-corrected chi connectivity index (χ1v) is 11.5. The number of benzene rings is 2. The molecule has 0 aliphatic carbocycles. The number of nitrogens with zero attached hydrogens (tertiary/aromatic N) is 3. The van der Waals surface area contributed by atoms with E-state index in [0.29, 0.717) is 19.8 Å². The maximum Gasteiger partial charge on any atom is 0.191 e. The summed E-state index contributed by atoms with van der Waals surface area (Å²) in [6.07, 6.45) is 2.23. The summed E-state index contributed by atoms with van der Waals surface area (Å²) in [5, 5.41) is 9.58. The van der Waals surface area contributed by atoms with Gasteiger partial charge < -0.3 is 14.2 Å². The van der Waals surface area contributed by atoms with Crippen molar-refractivity contribution in [1.82, 2.24) is 14.8 Å². The zero-order valence-corrected chi connectivity index (χ0v) is 18.3. The Hall–Kier alpha value is -2.58. The SMILES string of the molecule is CCOc1ccc(OCCSc2nnc(-c3ccc(F)cc3)n2CC2CCCO2)cc1. The third-order valence-electron chi connectivity index (χ3n) is 4.95. The minimum atomic E-state index is -0.269. The lowest BCUT2D eigenvalue weighted by atomic mass is 10.2. The molecule has 31 heavy (non-hydrogen) atoms. The highest BCUT2D eigenvalue weighted by atomic mass is 32.2. The van der Waals surface area contributed by atoms with E-state index in [1.54, 1.807) is 23.9 Å². The van der Waals surface area contributed by atoms with Crippen molar-refractivity contribution in [2.24, 2.45) is 0 Å². The van der Waals surface area contributed by atoms with Crippen LogP contribution in [0.1, 0.15) is 19.8 Å². The van der Waals surface area contributed by atoms with Crippen LogP contribution in [0.25, 0.3) is 11.4 Å². The molecule has 0 saturated carbocycles. The highest BCUT2D eigenvalue weighted by molar-refractivity contribution is 7.99. The van der Waals surface area contributed by atoms with Gasteiger partial charge in [-0.25, -0.2) is 4.39 Å². The molecular weight excluding hydrogens is 417 g/mol. The van der Waals surface area contributed by atoms with Crippen molar-refractivity contribution in [1.29, 1.82) is 0 Å². The van der Waals surface area contributed by atoms with Gasteiger partial charge in [-0.3, -0.25) is 4.57 Å². The molecule has 164 valence electrons. The van der Waals surface area contributed by atoms with Crippen LogP contribution in [0.5, 0.6) is 11.5 Å². The molecule has 1 unspecified atom stereocenters. The highest BCUT2D eigenvalue weighted by Gasteiger charge is 2.21. The molecule has 1 fully saturated rings. The molecule has 1 aliphatic rings. The molecule has 1 aromatic heterocycles. The quantitative estimate of drug-likeness (QED) is 0.330. The van der Waals surface area contributed by atoms with Crippen LogP contribution in [0.4, 0.5) is 4.39 Å². The fourth-order valence-electron chi connectivity index (χ4n) is 3.46. The predicted molar refractivity (Wildman–Crippen MR) is 118 cm³/mol. The Bertz CT molecular complexity index is 957. The standard InChI is InChI=1S/C23H26FN3O3S/c1-2-28-19-9-11-20(12-10-19)30-14-15-31-23-26-25-22(17-5-7-18(24)8-6-17)27(23)16-21-4-3-13-29-21/h5-12,21H,2-4,13-16H2,1H3. The third-order valence-corrected chi connectivity index (χ3v) is 5.88. The fraction of sp³-hybridized carbons (Fsp3) is 0.391. The Morgan fingerprint density at radius 1 is 1.06 bits per heavy atom. The Kier molecular flexibility index (Phi) is 7.43. The summed E-state index contributed by atoms with van der Waals surface area (Å²) in [7, 11) is 0. The fourth-order valence-corrected chi connectivity index (χ4v) is 4.22. The molecule has 4 rings (SSSR count). The van der Waals surface area contributed by atoms with Crippen molar-refractivity contribution in [2.75, 3.05) is 25.6 Å². The Balaban J connectivity index is 1.40. The van der Waals surface area contributed by atoms with E-state index >= 15 is 0 Å². The molecule has 1 aliphatic heterocycles. The van der Waals surface area contributed by atoms with Gasteiger partial charge in [0.25, 0.3) is 0 Å².